The van der Waals surface area contributed by atoms with Gasteiger partial charge in [0.05, 0.1) is 6.10 Å². The summed E-state index contributed by atoms with van der Waals surface area (Å²) in [6.45, 7) is 1.96. The van der Waals surface area contributed by atoms with Gasteiger partial charge in [-0.2, -0.15) is 0 Å². The summed E-state index contributed by atoms with van der Waals surface area (Å²) in [6, 6.07) is 8.71. The number of rotatable bonds is 2. The quantitative estimate of drug-likeness (QED) is 0.790. The first-order valence-electron chi connectivity index (χ1n) is 6.31. The minimum atomic E-state index is -0.0889. The lowest BCUT2D eigenvalue weighted by atomic mass is 9.72. The zero-order valence-electron chi connectivity index (χ0n) is 9.52. The molecule has 1 aliphatic heterocycles. The number of hydrogen-bond acceptors (Lipinski definition) is 2. The molecular formula is C14H19NO. The van der Waals surface area contributed by atoms with E-state index in [4.69, 9.17) is 0 Å². The molecule has 1 aromatic carbocycles. The highest BCUT2D eigenvalue weighted by Gasteiger charge is 2.31. The Balaban J connectivity index is 1.65. The van der Waals surface area contributed by atoms with Crippen LogP contribution in [0.1, 0.15) is 29.9 Å². The van der Waals surface area contributed by atoms with Gasteiger partial charge in [-0.3, -0.25) is 0 Å². The highest BCUT2D eigenvalue weighted by atomic mass is 16.3. The Morgan fingerprint density at radius 1 is 1.31 bits per heavy atom. The molecule has 3 atom stereocenters. The van der Waals surface area contributed by atoms with E-state index in [1.807, 2.05) is 0 Å². The fraction of sp³-hybridized carbons (Fsp3) is 0.571. The van der Waals surface area contributed by atoms with E-state index in [0.29, 0.717) is 11.8 Å². The van der Waals surface area contributed by atoms with Crippen LogP contribution in [-0.4, -0.2) is 24.3 Å². The molecule has 0 amide bonds. The third-order valence-corrected chi connectivity index (χ3v) is 4.12. The number of hydrogen-bond donors (Lipinski definition) is 2. The second-order valence-corrected chi connectivity index (χ2v) is 5.16. The third-order valence-electron chi connectivity index (χ3n) is 4.12. The summed E-state index contributed by atoms with van der Waals surface area (Å²) >= 11 is 0. The van der Waals surface area contributed by atoms with Crippen LogP contribution in [0.25, 0.3) is 0 Å². The normalized spacial score (nSPS) is 32.9. The summed E-state index contributed by atoms with van der Waals surface area (Å²) in [4.78, 5) is 0. The van der Waals surface area contributed by atoms with E-state index in [0.717, 1.165) is 25.9 Å². The first-order chi connectivity index (χ1) is 7.84. The predicted octanol–water partition coefficient (Wildman–Crippen LogP) is 1.69. The minimum Gasteiger partial charge on any atom is -0.393 e. The summed E-state index contributed by atoms with van der Waals surface area (Å²) in [5.41, 5.74) is 3.02. The average Bonchev–Trinajstić information content (AvgIpc) is 2.28. The van der Waals surface area contributed by atoms with Gasteiger partial charge in [-0.25, -0.2) is 0 Å². The second-order valence-electron chi connectivity index (χ2n) is 5.16. The second kappa shape index (κ2) is 4.19. The summed E-state index contributed by atoms with van der Waals surface area (Å²) < 4.78 is 0. The molecule has 86 valence electrons. The number of aliphatic hydroxyl groups is 1. The standard InChI is InChI=1S/C14H19NO/c16-14-5-6-15-9-12(14)8-11-7-10-3-1-2-4-13(10)11/h1-4,11-12,14-16H,5-9H2. The van der Waals surface area contributed by atoms with E-state index in [2.05, 4.69) is 29.6 Å². The van der Waals surface area contributed by atoms with Gasteiger partial charge in [0.1, 0.15) is 0 Å². The molecule has 16 heavy (non-hydrogen) atoms. The lowest BCUT2D eigenvalue weighted by Gasteiger charge is -2.36. The van der Waals surface area contributed by atoms with Crippen LogP contribution in [0.4, 0.5) is 0 Å². The maximum Gasteiger partial charge on any atom is 0.0592 e. The van der Waals surface area contributed by atoms with E-state index in [1.54, 1.807) is 0 Å². The number of benzene rings is 1. The summed E-state index contributed by atoms with van der Waals surface area (Å²) in [5.74, 6) is 1.14. The van der Waals surface area contributed by atoms with E-state index in [-0.39, 0.29) is 6.10 Å². The highest BCUT2D eigenvalue weighted by molar-refractivity contribution is 5.39. The average molecular weight is 217 g/mol. The Hall–Kier alpha value is -0.860. The van der Waals surface area contributed by atoms with Gasteiger partial charge in [0.25, 0.3) is 0 Å². The van der Waals surface area contributed by atoms with Crippen LogP contribution in [0.2, 0.25) is 0 Å². The molecule has 1 heterocycles. The minimum absolute atomic E-state index is 0.0889. The van der Waals surface area contributed by atoms with E-state index < -0.39 is 0 Å². The lowest BCUT2D eigenvalue weighted by Crippen LogP contribution is -2.41. The molecule has 2 aliphatic rings. The molecule has 3 unspecified atom stereocenters. The fourth-order valence-corrected chi connectivity index (χ4v) is 3.09. The van der Waals surface area contributed by atoms with Crippen molar-refractivity contribution >= 4 is 0 Å². The first-order valence-corrected chi connectivity index (χ1v) is 6.31. The van der Waals surface area contributed by atoms with E-state index in [9.17, 15) is 5.11 Å². The number of piperidine rings is 1. The molecule has 1 fully saturated rings. The molecule has 1 aliphatic carbocycles. The Kier molecular flexibility index (Phi) is 2.70. The lowest BCUT2D eigenvalue weighted by molar-refractivity contribution is 0.0692. The molecule has 0 bridgehead atoms. The molecule has 0 saturated carbocycles. The van der Waals surface area contributed by atoms with Gasteiger partial charge in [0.2, 0.25) is 0 Å². The molecule has 1 aromatic rings. The van der Waals surface area contributed by atoms with Crippen LogP contribution >= 0.6 is 0 Å². The molecule has 1 saturated heterocycles. The van der Waals surface area contributed by atoms with Crippen molar-refractivity contribution in [3.63, 3.8) is 0 Å². The fourth-order valence-electron chi connectivity index (χ4n) is 3.09. The zero-order valence-corrected chi connectivity index (χ0v) is 9.52. The first kappa shape index (κ1) is 10.3. The third kappa shape index (κ3) is 1.76. The summed E-state index contributed by atoms with van der Waals surface area (Å²) in [5, 5.41) is 13.3. The van der Waals surface area contributed by atoms with Crippen LogP contribution in [0.5, 0.6) is 0 Å². The molecular weight excluding hydrogens is 198 g/mol. The zero-order chi connectivity index (χ0) is 11.0. The number of aliphatic hydroxyl groups excluding tert-OH is 1. The smallest absolute Gasteiger partial charge is 0.0592 e. The van der Waals surface area contributed by atoms with Gasteiger partial charge in [-0.05, 0) is 48.8 Å². The van der Waals surface area contributed by atoms with Crippen LogP contribution in [0, 0.1) is 5.92 Å². The number of nitrogens with one attached hydrogen (secondary N) is 1. The van der Waals surface area contributed by atoms with Crippen molar-refractivity contribution in [1.82, 2.24) is 5.32 Å². The van der Waals surface area contributed by atoms with E-state index in [1.165, 1.54) is 17.5 Å². The van der Waals surface area contributed by atoms with Crippen molar-refractivity contribution in [3.05, 3.63) is 35.4 Å². The SMILES string of the molecule is OC1CCNCC1CC1Cc2ccccc21. The molecule has 0 aromatic heterocycles. The predicted molar refractivity (Wildman–Crippen MR) is 64.5 cm³/mol. The largest absolute Gasteiger partial charge is 0.393 e. The highest BCUT2D eigenvalue weighted by Crippen LogP contribution is 2.40. The Bertz CT molecular complexity index is 377. The number of fused-ring (bicyclic) bond motifs is 1. The van der Waals surface area contributed by atoms with Crippen LogP contribution in [0.3, 0.4) is 0 Å². The van der Waals surface area contributed by atoms with Crippen molar-refractivity contribution < 1.29 is 5.11 Å². The van der Waals surface area contributed by atoms with Crippen molar-refractivity contribution in [1.29, 1.82) is 0 Å². The van der Waals surface area contributed by atoms with Crippen molar-refractivity contribution in [2.75, 3.05) is 13.1 Å². The Labute approximate surface area is 96.7 Å². The maximum atomic E-state index is 9.95. The summed E-state index contributed by atoms with van der Waals surface area (Å²) in [7, 11) is 0. The Morgan fingerprint density at radius 2 is 2.19 bits per heavy atom. The van der Waals surface area contributed by atoms with Crippen molar-refractivity contribution in [3.8, 4) is 0 Å². The van der Waals surface area contributed by atoms with Crippen LogP contribution in [0.15, 0.2) is 24.3 Å². The molecule has 3 rings (SSSR count). The van der Waals surface area contributed by atoms with Gasteiger partial charge in [0.15, 0.2) is 0 Å². The Morgan fingerprint density at radius 3 is 3.00 bits per heavy atom. The van der Waals surface area contributed by atoms with Crippen LogP contribution < -0.4 is 5.32 Å². The molecule has 0 spiro atoms. The van der Waals surface area contributed by atoms with Gasteiger partial charge >= 0.3 is 0 Å². The molecule has 2 N–H and O–H groups in total. The van der Waals surface area contributed by atoms with Crippen molar-refractivity contribution in [2.24, 2.45) is 5.92 Å². The summed E-state index contributed by atoms with van der Waals surface area (Å²) in [6.07, 6.45) is 3.18. The van der Waals surface area contributed by atoms with E-state index >= 15 is 0 Å². The maximum absolute atomic E-state index is 9.95. The van der Waals surface area contributed by atoms with Gasteiger partial charge in [-0.15, -0.1) is 0 Å². The monoisotopic (exact) mass is 217 g/mol. The van der Waals surface area contributed by atoms with Gasteiger partial charge in [-0.1, -0.05) is 24.3 Å². The van der Waals surface area contributed by atoms with Gasteiger partial charge in [0, 0.05) is 6.54 Å². The molecule has 2 heteroatoms. The van der Waals surface area contributed by atoms with Gasteiger partial charge < -0.3 is 10.4 Å². The van der Waals surface area contributed by atoms with Crippen LogP contribution in [-0.2, 0) is 6.42 Å². The molecule has 0 radical (unpaired) electrons. The molecule has 2 nitrogen and oxygen atoms in total. The van der Waals surface area contributed by atoms with Crippen molar-refractivity contribution in [2.45, 2.75) is 31.3 Å². The topological polar surface area (TPSA) is 32.3 Å².